The van der Waals surface area contributed by atoms with E-state index in [1.807, 2.05) is 4.90 Å². The van der Waals surface area contributed by atoms with Crippen molar-refractivity contribution in [1.82, 2.24) is 10.2 Å². The van der Waals surface area contributed by atoms with Crippen LogP contribution in [0, 0.1) is 5.92 Å². The highest BCUT2D eigenvalue weighted by molar-refractivity contribution is 5.85. The van der Waals surface area contributed by atoms with Gasteiger partial charge in [0.1, 0.15) is 5.60 Å². The molecule has 4 nitrogen and oxygen atoms in total. The van der Waals surface area contributed by atoms with Crippen LogP contribution in [0.25, 0.3) is 0 Å². The fourth-order valence-electron chi connectivity index (χ4n) is 2.22. The van der Waals surface area contributed by atoms with Gasteiger partial charge < -0.3 is 15.0 Å². The fourth-order valence-corrected chi connectivity index (χ4v) is 2.22. The topological polar surface area (TPSA) is 41.6 Å². The summed E-state index contributed by atoms with van der Waals surface area (Å²) in [5.74, 6) is 0.507. The summed E-state index contributed by atoms with van der Waals surface area (Å²) in [5.41, 5.74) is -0.216. The molecule has 0 saturated carbocycles. The molecule has 0 aromatic rings. The predicted octanol–water partition coefficient (Wildman–Crippen LogP) is 1.25. The minimum absolute atomic E-state index is 0. The van der Waals surface area contributed by atoms with Gasteiger partial charge in [-0.2, -0.15) is 0 Å². The third-order valence-electron chi connectivity index (χ3n) is 2.83. The van der Waals surface area contributed by atoms with Crippen molar-refractivity contribution >= 4 is 18.5 Å². The molecule has 0 bridgehead atoms. The molecule has 2 rings (SSSR count). The summed E-state index contributed by atoms with van der Waals surface area (Å²) >= 11 is 0. The molecule has 2 aliphatic heterocycles. The van der Waals surface area contributed by atoms with Gasteiger partial charge in [0, 0.05) is 19.5 Å². The lowest BCUT2D eigenvalue weighted by molar-refractivity contribution is 0.0727. The van der Waals surface area contributed by atoms with E-state index in [0.29, 0.717) is 5.92 Å². The SMILES string of the molecule is CC(C)CN1CC2(CCNC2)OC1=O.Cl. The maximum absolute atomic E-state index is 11.5. The third kappa shape index (κ3) is 2.55. The summed E-state index contributed by atoms with van der Waals surface area (Å²) < 4.78 is 5.45. The normalized spacial score (nSPS) is 29.8. The van der Waals surface area contributed by atoms with Gasteiger partial charge >= 0.3 is 6.09 Å². The van der Waals surface area contributed by atoms with Gasteiger partial charge in [-0.05, 0) is 12.5 Å². The number of halogens is 1. The molecule has 2 saturated heterocycles. The van der Waals surface area contributed by atoms with E-state index in [1.54, 1.807) is 0 Å². The van der Waals surface area contributed by atoms with Crippen molar-refractivity contribution < 1.29 is 9.53 Å². The van der Waals surface area contributed by atoms with Crippen molar-refractivity contribution in [2.45, 2.75) is 25.9 Å². The van der Waals surface area contributed by atoms with Gasteiger partial charge in [0.15, 0.2) is 0 Å². The second-order valence-corrected chi connectivity index (χ2v) is 4.75. The van der Waals surface area contributed by atoms with Gasteiger partial charge in [-0.1, -0.05) is 13.8 Å². The van der Waals surface area contributed by atoms with Crippen LogP contribution in [0.1, 0.15) is 20.3 Å². The Morgan fingerprint density at radius 3 is 2.87 bits per heavy atom. The molecule has 1 N–H and O–H groups in total. The highest BCUT2D eigenvalue weighted by Gasteiger charge is 2.46. The lowest BCUT2D eigenvalue weighted by atomic mass is 10.0. The van der Waals surface area contributed by atoms with E-state index in [9.17, 15) is 4.79 Å². The summed E-state index contributed by atoms with van der Waals surface area (Å²) in [6, 6.07) is 0. The van der Waals surface area contributed by atoms with Gasteiger partial charge in [-0.15, -0.1) is 12.4 Å². The maximum atomic E-state index is 11.5. The Bertz CT molecular complexity index is 240. The summed E-state index contributed by atoms with van der Waals surface area (Å²) in [6.45, 7) is 7.57. The molecule has 88 valence electrons. The van der Waals surface area contributed by atoms with Crippen LogP contribution in [-0.2, 0) is 4.74 Å². The molecule has 2 heterocycles. The Morgan fingerprint density at radius 2 is 2.33 bits per heavy atom. The van der Waals surface area contributed by atoms with Crippen LogP contribution >= 0.6 is 12.4 Å². The predicted molar refractivity (Wildman–Crippen MR) is 60.4 cm³/mol. The summed E-state index contributed by atoms with van der Waals surface area (Å²) in [7, 11) is 0. The van der Waals surface area contributed by atoms with Crippen molar-refractivity contribution in [3.8, 4) is 0 Å². The van der Waals surface area contributed by atoms with Gasteiger partial charge in [0.25, 0.3) is 0 Å². The largest absolute Gasteiger partial charge is 0.439 e. The Morgan fingerprint density at radius 1 is 1.60 bits per heavy atom. The van der Waals surface area contributed by atoms with Crippen LogP contribution in [-0.4, -0.2) is 42.8 Å². The first kappa shape index (κ1) is 12.6. The monoisotopic (exact) mass is 234 g/mol. The number of carbonyl (C=O) groups is 1. The lowest BCUT2D eigenvalue weighted by Gasteiger charge is -2.19. The van der Waals surface area contributed by atoms with E-state index >= 15 is 0 Å². The Hall–Kier alpha value is -0.480. The first-order chi connectivity index (χ1) is 6.61. The molecule has 1 atom stereocenters. The number of hydrogen-bond donors (Lipinski definition) is 1. The van der Waals surface area contributed by atoms with Crippen molar-refractivity contribution in [3.63, 3.8) is 0 Å². The number of rotatable bonds is 2. The molecule has 2 aliphatic rings. The molecule has 2 fully saturated rings. The lowest BCUT2D eigenvalue weighted by Crippen LogP contribution is -2.37. The first-order valence-electron chi connectivity index (χ1n) is 5.30. The average Bonchev–Trinajstić information content (AvgIpc) is 2.61. The molecule has 0 radical (unpaired) electrons. The van der Waals surface area contributed by atoms with Crippen LogP contribution in [0.3, 0.4) is 0 Å². The molecule has 15 heavy (non-hydrogen) atoms. The minimum Gasteiger partial charge on any atom is -0.439 e. The van der Waals surface area contributed by atoms with Crippen LogP contribution in [0.2, 0.25) is 0 Å². The van der Waals surface area contributed by atoms with Crippen molar-refractivity contribution in [2.75, 3.05) is 26.2 Å². The van der Waals surface area contributed by atoms with E-state index in [0.717, 1.165) is 32.6 Å². The molecule has 1 amide bonds. The number of hydrogen-bond acceptors (Lipinski definition) is 3. The number of nitrogens with zero attached hydrogens (tertiary/aromatic N) is 1. The molecular formula is C10H19ClN2O2. The molecule has 5 heteroatoms. The minimum atomic E-state index is -0.216. The maximum Gasteiger partial charge on any atom is 0.410 e. The van der Waals surface area contributed by atoms with E-state index in [4.69, 9.17) is 4.74 Å². The second-order valence-electron chi connectivity index (χ2n) is 4.75. The van der Waals surface area contributed by atoms with Crippen LogP contribution in [0.15, 0.2) is 0 Å². The Balaban J connectivity index is 0.00000112. The van der Waals surface area contributed by atoms with Gasteiger partial charge in [0.05, 0.1) is 6.54 Å². The molecule has 0 aromatic carbocycles. The zero-order valence-corrected chi connectivity index (χ0v) is 10.1. The van der Waals surface area contributed by atoms with Crippen molar-refractivity contribution in [3.05, 3.63) is 0 Å². The van der Waals surface area contributed by atoms with E-state index in [2.05, 4.69) is 19.2 Å². The number of amides is 1. The van der Waals surface area contributed by atoms with Crippen LogP contribution in [0.5, 0.6) is 0 Å². The summed E-state index contributed by atoms with van der Waals surface area (Å²) in [4.78, 5) is 13.4. The van der Waals surface area contributed by atoms with Gasteiger partial charge in [-0.25, -0.2) is 4.79 Å². The molecule has 1 unspecified atom stereocenters. The van der Waals surface area contributed by atoms with Crippen LogP contribution < -0.4 is 5.32 Å². The molecular weight excluding hydrogens is 216 g/mol. The molecule has 0 aliphatic carbocycles. The van der Waals surface area contributed by atoms with Crippen molar-refractivity contribution in [2.24, 2.45) is 5.92 Å². The average molecular weight is 235 g/mol. The van der Waals surface area contributed by atoms with Crippen molar-refractivity contribution in [1.29, 1.82) is 0 Å². The zero-order valence-electron chi connectivity index (χ0n) is 9.28. The second kappa shape index (κ2) is 4.58. The van der Waals surface area contributed by atoms with Gasteiger partial charge in [-0.3, -0.25) is 0 Å². The van der Waals surface area contributed by atoms with E-state index in [-0.39, 0.29) is 24.1 Å². The standard InChI is InChI=1S/C10H18N2O2.ClH/c1-8(2)5-12-7-10(14-9(12)13)3-4-11-6-10;/h8,11H,3-7H2,1-2H3;1H. The molecule has 0 aromatic heterocycles. The molecule has 1 spiro atoms. The highest BCUT2D eigenvalue weighted by Crippen LogP contribution is 2.28. The Labute approximate surface area is 96.7 Å². The van der Waals surface area contributed by atoms with E-state index in [1.165, 1.54) is 0 Å². The Kier molecular flexibility index (Phi) is 3.84. The third-order valence-corrected chi connectivity index (χ3v) is 2.83. The smallest absolute Gasteiger partial charge is 0.410 e. The van der Waals surface area contributed by atoms with Gasteiger partial charge in [0.2, 0.25) is 0 Å². The fraction of sp³-hybridized carbons (Fsp3) is 0.900. The number of carbonyl (C=O) groups excluding carboxylic acids is 1. The number of ether oxygens (including phenoxy) is 1. The quantitative estimate of drug-likeness (QED) is 0.782. The summed E-state index contributed by atoms with van der Waals surface area (Å²) in [5, 5.41) is 3.25. The first-order valence-corrected chi connectivity index (χ1v) is 5.30. The zero-order chi connectivity index (χ0) is 10.2. The van der Waals surface area contributed by atoms with E-state index < -0.39 is 0 Å². The van der Waals surface area contributed by atoms with Crippen LogP contribution in [0.4, 0.5) is 4.79 Å². The summed E-state index contributed by atoms with van der Waals surface area (Å²) in [6.07, 6.45) is 0.815. The highest BCUT2D eigenvalue weighted by atomic mass is 35.5. The number of nitrogens with one attached hydrogen (secondary N) is 1.